The predicted octanol–water partition coefficient (Wildman–Crippen LogP) is 4.06. The molecule has 19 heavy (non-hydrogen) atoms. The van der Waals surface area contributed by atoms with Gasteiger partial charge in [0.1, 0.15) is 0 Å². The molecule has 2 aromatic carbocycles. The molecule has 96 valence electrons. The molecule has 0 bridgehead atoms. The normalized spacial score (nSPS) is 11.8. The molecule has 0 aliphatic heterocycles. The van der Waals surface area contributed by atoms with Gasteiger partial charge in [0.05, 0.1) is 11.6 Å². The van der Waals surface area contributed by atoms with Crippen molar-refractivity contribution in [2.45, 2.75) is 19.5 Å². The quantitative estimate of drug-likeness (QED) is 0.909. The Morgan fingerprint density at radius 2 is 1.74 bits per heavy atom. The summed E-state index contributed by atoms with van der Waals surface area (Å²) in [6.07, 6.45) is 0. The molecule has 0 saturated carbocycles. The lowest BCUT2D eigenvalue weighted by Gasteiger charge is -2.14. The second-order valence-corrected chi connectivity index (χ2v) is 4.90. The molecule has 2 rings (SSSR count). The Balaban J connectivity index is 1.94. The van der Waals surface area contributed by atoms with Crippen molar-refractivity contribution < 1.29 is 0 Å². The van der Waals surface area contributed by atoms with Gasteiger partial charge in [-0.15, -0.1) is 0 Å². The van der Waals surface area contributed by atoms with Gasteiger partial charge in [-0.1, -0.05) is 35.9 Å². The third-order valence-corrected chi connectivity index (χ3v) is 3.32. The van der Waals surface area contributed by atoms with E-state index in [1.807, 2.05) is 48.5 Å². The van der Waals surface area contributed by atoms with Crippen molar-refractivity contribution in [3.63, 3.8) is 0 Å². The minimum absolute atomic E-state index is 0.257. The minimum atomic E-state index is 0.257. The highest BCUT2D eigenvalue weighted by atomic mass is 35.5. The average molecular weight is 271 g/mol. The summed E-state index contributed by atoms with van der Waals surface area (Å²) in [5.74, 6) is 0. The molecule has 0 radical (unpaired) electrons. The van der Waals surface area contributed by atoms with E-state index < -0.39 is 0 Å². The number of halogens is 1. The molecule has 2 aromatic rings. The van der Waals surface area contributed by atoms with Gasteiger partial charge in [0.25, 0.3) is 0 Å². The van der Waals surface area contributed by atoms with Crippen LogP contribution in [0.15, 0.2) is 48.5 Å². The number of hydrogen-bond donors (Lipinski definition) is 1. The lowest BCUT2D eigenvalue weighted by Crippen LogP contribution is -2.17. The molecule has 1 N–H and O–H groups in total. The summed E-state index contributed by atoms with van der Waals surface area (Å²) in [6, 6.07) is 17.8. The largest absolute Gasteiger partial charge is 0.306 e. The monoisotopic (exact) mass is 270 g/mol. The maximum atomic E-state index is 8.74. The van der Waals surface area contributed by atoms with E-state index in [1.54, 1.807) is 0 Å². The highest BCUT2D eigenvalue weighted by Gasteiger charge is 2.04. The summed E-state index contributed by atoms with van der Waals surface area (Å²) in [7, 11) is 0. The Kier molecular flexibility index (Phi) is 4.57. The molecule has 0 heterocycles. The van der Waals surface area contributed by atoms with E-state index in [1.165, 1.54) is 11.1 Å². The van der Waals surface area contributed by atoms with Crippen molar-refractivity contribution in [1.29, 1.82) is 5.26 Å². The van der Waals surface area contributed by atoms with Gasteiger partial charge in [0, 0.05) is 17.6 Å². The van der Waals surface area contributed by atoms with E-state index in [-0.39, 0.29) is 6.04 Å². The number of nitrogens with zero attached hydrogens (tertiary/aromatic N) is 1. The first-order valence-electron chi connectivity index (χ1n) is 6.17. The Morgan fingerprint density at radius 1 is 1.11 bits per heavy atom. The molecule has 0 aromatic heterocycles. The van der Waals surface area contributed by atoms with E-state index in [9.17, 15) is 0 Å². The van der Waals surface area contributed by atoms with Gasteiger partial charge in [-0.2, -0.15) is 5.26 Å². The second kappa shape index (κ2) is 6.38. The van der Waals surface area contributed by atoms with Crippen LogP contribution in [0, 0.1) is 11.3 Å². The van der Waals surface area contributed by atoms with Gasteiger partial charge in [0.15, 0.2) is 0 Å². The molecule has 0 aliphatic rings. The smallest absolute Gasteiger partial charge is 0.0991 e. The SMILES string of the molecule is C[C@H](NCc1ccc(C#N)cc1)c1ccc(Cl)cc1. The van der Waals surface area contributed by atoms with Crippen molar-refractivity contribution in [3.05, 3.63) is 70.2 Å². The molecule has 0 saturated heterocycles. The Morgan fingerprint density at radius 3 is 2.32 bits per heavy atom. The Labute approximate surface area is 118 Å². The second-order valence-electron chi connectivity index (χ2n) is 4.46. The zero-order chi connectivity index (χ0) is 13.7. The molecule has 3 heteroatoms. The number of rotatable bonds is 4. The summed E-state index contributed by atoms with van der Waals surface area (Å²) in [6.45, 7) is 2.89. The van der Waals surface area contributed by atoms with Crippen LogP contribution in [0.5, 0.6) is 0 Å². The standard InChI is InChI=1S/C16H15ClN2/c1-12(15-6-8-16(17)9-7-15)19-11-14-4-2-13(10-18)3-5-14/h2-9,12,19H,11H2,1H3/t12-/m0/s1. The third-order valence-electron chi connectivity index (χ3n) is 3.07. The molecular weight excluding hydrogens is 256 g/mol. The van der Waals surface area contributed by atoms with Gasteiger partial charge in [-0.05, 0) is 42.3 Å². The number of benzene rings is 2. The van der Waals surface area contributed by atoms with Gasteiger partial charge in [0.2, 0.25) is 0 Å². The Bertz CT molecular complexity index is 567. The number of nitriles is 1. The molecule has 1 atom stereocenters. The van der Waals surface area contributed by atoms with E-state index in [4.69, 9.17) is 16.9 Å². The topological polar surface area (TPSA) is 35.8 Å². The van der Waals surface area contributed by atoms with Gasteiger partial charge in [-0.25, -0.2) is 0 Å². The van der Waals surface area contributed by atoms with Crippen molar-refractivity contribution in [3.8, 4) is 6.07 Å². The molecule has 0 spiro atoms. The van der Waals surface area contributed by atoms with Crippen LogP contribution in [-0.4, -0.2) is 0 Å². The first kappa shape index (κ1) is 13.6. The van der Waals surface area contributed by atoms with Crippen molar-refractivity contribution in [1.82, 2.24) is 5.32 Å². The van der Waals surface area contributed by atoms with Crippen molar-refractivity contribution in [2.24, 2.45) is 0 Å². The Hall–Kier alpha value is -1.82. The summed E-state index contributed by atoms with van der Waals surface area (Å²) in [4.78, 5) is 0. The fourth-order valence-corrected chi connectivity index (χ4v) is 1.96. The first-order valence-corrected chi connectivity index (χ1v) is 6.55. The lowest BCUT2D eigenvalue weighted by molar-refractivity contribution is 0.575. The van der Waals surface area contributed by atoms with Crippen LogP contribution >= 0.6 is 11.6 Å². The third kappa shape index (κ3) is 3.82. The lowest BCUT2D eigenvalue weighted by atomic mass is 10.1. The number of nitrogens with one attached hydrogen (secondary N) is 1. The molecular formula is C16H15ClN2. The molecule has 0 fully saturated rings. The van der Waals surface area contributed by atoms with Crippen LogP contribution in [0.2, 0.25) is 5.02 Å². The summed E-state index contributed by atoms with van der Waals surface area (Å²) in [5.41, 5.74) is 3.06. The van der Waals surface area contributed by atoms with Crippen LogP contribution in [-0.2, 0) is 6.54 Å². The summed E-state index contributed by atoms with van der Waals surface area (Å²) in [5, 5.41) is 12.9. The fourth-order valence-electron chi connectivity index (χ4n) is 1.84. The molecule has 0 unspecified atom stereocenters. The van der Waals surface area contributed by atoms with Gasteiger partial charge in [-0.3, -0.25) is 0 Å². The zero-order valence-corrected chi connectivity index (χ0v) is 11.5. The minimum Gasteiger partial charge on any atom is -0.306 e. The van der Waals surface area contributed by atoms with Crippen molar-refractivity contribution >= 4 is 11.6 Å². The van der Waals surface area contributed by atoms with Crippen LogP contribution in [0.25, 0.3) is 0 Å². The van der Waals surface area contributed by atoms with Crippen LogP contribution < -0.4 is 5.32 Å². The maximum Gasteiger partial charge on any atom is 0.0991 e. The first-order chi connectivity index (χ1) is 9.19. The van der Waals surface area contributed by atoms with Crippen LogP contribution in [0.3, 0.4) is 0 Å². The fraction of sp³-hybridized carbons (Fsp3) is 0.188. The van der Waals surface area contributed by atoms with Gasteiger partial charge >= 0.3 is 0 Å². The van der Waals surface area contributed by atoms with E-state index in [2.05, 4.69) is 18.3 Å². The molecule has 0 aliphatic carbocycles. The predicted molar refractivity (Wildman–Crippen MR) is 77.9 cm³/mol. The van der Waals surface area contributed by atoms with Crippen molar-refractivity contribution in [2.75, 3.05) is 0 Å². The zero-order valence-electron chi connectivity index (χ0n) is 10.7. The van der Waals surface area contributed by atoms with E-state index in [0.717, 1.165) is 11.6 Å². The molecule has 2 nitrogen and oxygen atoms in total. The summed E-state index contributed by atoms with van der Waals surface area (Å²) >= 11 is 5.87. The molecule has 0 amide bonds. The number of hydrogen-bond acceptors (Lipinski definition) is 2. The van der Waals surface area contributed by atoms with E-state index in [0.29, 0.717) is 5.56 Å². The highest BCUT2D eigenvalue weighted by Crippen LogP contribution is 2.16. The highest BCUT2D eigenvalue weighted by molar-refractivity contribution is 6.30. The van der Waals surface area contributed by atoms with Crippen LogP contribution in [0.4, 0.5) is 0 Å². The van der Waals surface area contributed by atoms with Crippen LogP contribution in [0.1, 0.15) is 29.7 Å². The van der Waals surface area contributed by atoms with E-state index >= 15 is 0 Å². The average Bonchev–Trinajstić information content (AvgIpc) is 2.46. The van der Waals surface area contributed by atoms with Gasteiger partial charge < -0.3 is 5.32 Å². The summed E-state index contributed by atoms with van der Waals surface area (Å²) < 4.78 is 0. The maximum absolute atomic E-state index is 8.74.